The summed E-state index contributed by atoms with van der Waals surface area (Å²) >= 11 is 0. The predicted molar refractivity (Wildman–Crippen MR) is 96.9 cm³/mol. The predicted octanol–water partition coefficient (Wildman–Crippen LogP) is 3.69. The average Bonchev–Trinajstić information content (AvgIpc) is 2.65. The smallest absolute Gasteiger partial charge is 0.344 e. The van der Waals surface area contributed by atoms with Crippen molar-refractivity contribution < 1.29 is 18.6 Å². The summed E-state index contributed by atoms with van der Waals surface area (Å²) in [7, 11) is 3.10. The molecule has 6 nitrogen and oxygen atoms in total. The molecule has 3 rings (SSSR count). The highest BCUT2D eigenvalue weighted by Gasteiger charge is 2.16. The van der Waals surface area contributed by atoms with E-state index in [0.29, 0.717) is 34.0 Å². The Balaban J connectivity index is 2.16. The van der Waals surface area contributed by atoms with Gasteiger partial charge in [-0.15, -0.1) is 0 Å². The Morgan fingerprint density at radius 3 is 2.54 bits per heavy atom. The molecule has 0 aliphatic heterocycles. The molecule has 6 heteroatoms. The van der Waals surface area contributed by atoms with E-state index < -0.39 is 5.63 Å². The molecule has 0 aliphatic rings. The summed E-state index contributed by atoms with van der Waals surface area (Å²) < 4.78 is 21.3. The van der Waals surface area contributed by atoms with Gasteiger partial charge in [0.2, 0.25) is 0 Å². The summed E-state index contributed by atoms with van der Waals surface area (Å²) in [5, 5.41) is 9.39. The Bertz CT molecular complexity index is 1060. The van der Waals surface area contributed by atoms with Gasteiger partial charge in [-0.1, -0.05) is 6.07 Å². The summed E-state index contributed by atoms with van der Waals surface area (Å²) in [6.45, 7) is 1.79. The van der Waals surface area contributed by atoms with Gasteiger partial charge in [-0.25, -0.2) is 4.79 Å². The molecule has 0 bridgehead atoms. The number of rotatable bonds is 5. The zero-order chi connectivity index (χ0) is 18.7. The highest BCUT2D eigenvalue weighted by Crippen LogP contribution is 2.34. The van der Waals surface area contributed by atoms with Crippen LogP contribution < -0.4 is 19.8 Å². The maximum Gasteiger partial charge on any atom is 0.344 e. The lowest BCUT2D eigenvalue weighted by atomic mass is 9.99. The van der Waals surface area contributed by atoms with E-state index in [4.69, 9.17) is 23.9 Å². The second-order valence-electron chi connectivity index (χ2n) is 5.56. The fraction of sp³-hybridized carbons (Fsp3) is 0.200. The topological polar surface area (TPSA) is 81.7 Å². The van der Waals surface area contributed by atoms with Crippen molar-refractivity contribution in [3.05, 3.63) is 52.4 Å². The molecule has 0 saturated heterocycles. The van der Waals surface area contributed by atoms with Gasteiger partial charge in [-0.05, 0) is 42.3 Å². The van der Waals surface area contributed by atoms with E-state index in [0.717, 1.165) is 10.9 Å². The quantitative estimate of drug-likeness (QED) is 0.652. The van der Waals surface area contributed by atoms with Crippen LogP contribution in [-0.4, -0.2) is 20.8 Å². The maximum atomic E-state index is 12.6. The number of methoxy groups -OCH3 is 2. The molecule has 1 heterocycles. The van der Waals surface area contributed by atoms with Gasteiger partial charge in [0.05, 0.1) is 19.8 Å². The highest BCUT2D eigenvalue weighted by molar-refractivity contribution is 5.87. The van der Waals surface area contributed by atoms with Crippen LogP contribution in [0.2, 0.25) is 0 Å². The van der Waals surface area contributed by atoms with Crippen LogP contribution in [0.4, 0.5) is 0 Å². The third kappa shape index (κ3) is 3.07. The second kappa shape index (κ2) is 7.19. The average molecular weight is 351 g/mol. The SMILES string of the molecule is COc1ccc(-c2c(C)c3ccc(OCC#N)cc3oc2=O)cc1OC. The van der Waals surface area contributed by atoms with E-state index in [1.807, 2.05) is 19.1 Å². The van der Waals surface area contributed by atoms with Crippen molar-refractivity contribution in [1.29, 1.82) is 5.26 Å². The molecule has 26 heavy (non-hydrogen) atoms. The third-order valence-corrected chi connectivity index (χ3v) is 4.11. The Morgan fingerprint density at radius 2 is 1.85 bits per heavy atom. The van der Waals surface area contributed by atoms with Gasteiger partial charge in [0.1, 0.15) is 17.4 Å². The van der Waals surface area contributed by atoms with E-state index in [1.165, 1.54) is 0 Å². The molecule has 0 radical (unpaired) electrons. The van der Waals surface area contributed by atoms with Gasteiger partial charge in [0, 0.05) is 11.5 Å². The van der Waals surface area contributed by atoms with E-state index in [9.17, 15) is 4.79 Å². The molecule has 0 unspecified atom stereocenters. The molecule has 132 valence electrons. The number of fused-ring (bicyclic) bond motifs is 1. The van der Waals surface area contributed by atoms with E-state index in [1.54, 1.807) is 44.6 Å². The number of hydrogen-bond acceptors (Lipinski definition) is 6. The van der Waals surface area contributed by atoms with Gasteiger partial charge < -0.3 is 18.6 Å². The zero-order valence-corrected chi connectivity index (χ0v) is 14.7. The molecule has 0 aliphatic carbocycles. The summed E-state index contributed by atoms with van der Waals surface area (Å²) in [5.74, 6) is 1.59. The van der Waals surface area contributed by atoms with Crippen molar-refractivity contribution in [2.24, 2.45) is 0 Å². The minimum atomic E-state index is -0.459. The van der Waals surface area contributed by atoms with Gasteiger partial charge in [-0.2, -0.15) is 5.26 Å². The van der Waals surface area contributed by atoms with Gasteiger partial charge in [0.25, 0.3) is 0 Å². The van der Waals surface area contributed by atoms with Crippen LogP contribution in [0.15, 0.2) is 45.6 Å². The summed E-state index contributed by atoms with van der Waals surface area (Å²) in [5.41, 5.74) is 1.88. The van der Waals surface area contributed by atoms with Crippen LogP contribution in [0.25, 0.3) is 22.1 Å². The number of nitriles is 1. The highest BCUT2D eigenvalue weighted by atomic mass is 16.5. The standard InChI is InChI=1S/C20H17NO5/c1-12-15-6-5-14(25-9-8-21)11-17(15)26-20(22)19(12)13-4-7-16(23-2)18(10-13)24-3/h4-7,10-11H,9H2,1-3H3. The molecular weight excluding hydrogens is 334 g/mol. The lowest BCUT2D eigenvalue weighted by Gasteiger charge is -2.12. The van der Waals surface area contributed by atoms with Crippen LogP contribution in [0.1, 0.15) is 5.56 Å². The maximum absolute atomic E-state index is 12.6. The van der Waals surface area contributed by atoms with Crippen molar-refractivity contribution in [3.63, 3.8) is 0 Å². The van der Waals surface area contributed by atoms with E-state index >= 15 is 0 Å². The van der Waals surface area contributed by atoms with Crippen molar-refractivity contribution in [3.8, 4) is 34.4 Å². The summed E-state index contributed by atoms with van der Waals surface area (Å²) in [6.07, 6.45) is 0. The first kappa shape index (κ1) is 17.4. The molecule has 0 amide bonds. The molecule has 0 atom stereocenters. The number of ether oxygens (including phenoxy) is 3. The van der Waals surface area contributed by atoms with Crippen LogP contribution in [-0.2, 0) is 0 Å². The Labute approximate surface area is 150 Å². The number of nitrogens with zero attached hydrogens (tertiary/aromatic N) is 1. The fourth-order valence-corrected chi connectivity index (χ4v) is 2.87. The van der Waals surface area contributed by atoms with Crippen molar-refractivity contribution >= 4 is 11.0 Å². The normalized spacial score (nSPS) is 10.4. The summed E-state index contributed by atoms with van der Waals surface area (Å²) in [4.78, 5) is 12.6. The Kier molecular flexibility index (Phi) is 4.81. The van der Waals surface area contributed by atoms with Crippen LogP contribution in [0, 0.1) is 18.3 Å². The minimum absolute atomic E-state index is 0.0710. The molecule has 2 aromatic carbocycles. The van der Waals surface area contributed by atoms with Crippen LogP contribution in [0.5, 0.6) is 17.2 Å². The van der Waals surface area contributed by atoms with Gasteiger partial charge in [-0.3, -0.25) is 0 Å². The first-order chi connectivity index (χ1) is 12.6. The first-order valence-electron chi connectivity index (χ1n) is 7.88. The van der Waals surface area contributed by atoms with Crippen LogP contribution >= 0.6 is 0 Å². The fourth-order valence-electron chi connectivity index (χ4n) is 2.87. The largest absolute Gasteiger partial charge is 0.493 e. The summed E-state index contributed by atoms with van der Waals surface area (Å²) in [6, 6.07) is 12.3. The molecule has 3 aromatic rings. The zero-order valence-electron chi connectivity index (χ0n) is 14.7. The minimum Gasteiger partial charge on any atom is -0.493 e. The van der Waals surface area contributed by atoms with Gasteiger partial charge >= 0.3 is 5.63 Å². The van der Waals surface area contributed by atoms with E-state index in [2.05, 4.69) is 0 Å². The van der Waals surface area contributed by atoms with Gasteiger partial charge in [0.15, 0.2) is 18.1 Å². The molecule has 1 aromatic heterocycles. The van der Waals surface area contributed by atoms with Crippen molar-refractivity contribution in [2.45, 2.75) is 6.92 Å². The monoisotopic (exact) mass is 351 g/mol. The number of aryl methyl sites for hydroxylation is 1. The molecule has 0 saturated carbocycles. The number of hydrogen-bond donors (Lipinski definition) is 0. The molecular formula is C20H17NO5. The molecule has 0 spiro atoms. The van der Waals surface area contributed by atoms with Crippen LogP contribution in [0.3, 0.4) is 0 Å². The molecule has 0 N–H and O–H groups in total. The third-order valence-electron chi connectivity index (χ3n) is 4.11. The Hall–Kier alpha value is -3.46. The van der Waals surface area contributed by atoms with Crippen molar-refractivity contribution in [1.82, 2.24) is 0 Å². The first-order valence-corrected chi connectivity index (χ1v) is 7.88. The van der Waals surface area contributed by atoms with E-state index in [-0.39, 0.29) is 6.61 Å². The van der Waals surface area contributed by atoms with Crippen molar-refractivity contribution in [2.75, 3.05) is 20.8 Å². The number of benzene rings is 2. The second-order valence-corrected chi connectivity index (χ2v) is 5.56. The Morgan fingerprint density at radius 1 is 1.08 bits per heavy atom. The lowest BCUT2D eigenvalue weighted by Crippen LogP contribution is -2.06. The molecule has 0 fully saturated rings. The lowest BCUT2D eigenvalue weighted by molar-refractivity contribution is 0.355.